The SMILES string of the molecule is CCOc1cc(CNCC2CCCN2CC)cc(Cl)c1OCC(N)=O. The first-order chi connectivity index (χ1) is 12.0. The molecule has 0 spiro atoms. The molecule has 1 atom stereocenters. The summed E-state index contributed by atoms with van der Waals surface area (Å²) in [6.45, 7) is 8.28. The van der Waals surface area contributed by atoms with Crippen LogP contribution in [0.1, 0.15) is 32.3 Å². The molecule has 1 aromatic rings. The number of amides is 1. The largest absolute Gasteiger partial charge is 0.490 e. The summed E-state index contributed by atoms with van der Waals surface area (Å²) < 4.78 is 11.0. The monoisotopic (exact) mass is 369 g/mol. The summed E-state index contributed by atoms with van der Waals surface area (Å²) in [5.41, 5.74) is 6.15. The number of benzene rings is 1. The van der Waals surface area contributed by atoms with E-state index in [4.69, 9.17) is 26.8 Å². The lowest BCUT2D eigenvalue weighted by atomic mass is 10.1. The molecule has 1 aliphatic heterocycles. The minimum atomic E-state index is -0.554. The van der Waals surface area contributed by atoms with Crippen LogP contribution in [0.25, 0.3) is 0 Å². The van der Waals surface area contributed by atoms with Crippen molar-refractivity contribution in [2.75, 3.05) is 32.8 Å². The zero-order valence-electron chi connectivity index (χ0n) is 15.0. The highest BCUT2D eigenvalue weighted by atomic mass is 35.5. The van der Waals surface area contributed by atoms with E-state index >= 15 is 0 Å². The Balaban J connectivity index is 1.99. The predicted molar refractivity (Wildman–Crippen MR) is 99.3 cm³/mol. The first kappa shape index (κ1) is 19.8. The van der Waals surface area contributed by atoms with Crippen LogP contribution in [0.5, 0.6) is 11.5 Å². The van der Waals surface area contributed by atoms with Gasteiger partial charge in [-0.25, -0.2) is 0 Å². The van der Waals surface area contributed by atoms with E-state index in [2.05, 4.69) is 17.1 Å². The molecule has 2 rings (SSSR count). The molecule has 7 heteroatoms. The lowest BCUT2D eigenvalue weighted by Crippen LogP contribution is -2.37. The van der Waals surface area contributed by atoms with E-state index < -0.39 is 5.91 Å². The molecule has 0 aliphatic carbocycles. The van der Waals surface area contributed by atoms with Crippen molar-refractivity contribution in [2.24, 2.45) is 5.73 Å². The number of carbonyl (C=O) groups is 1. The van der Waals surface area contributed by atoms with Gasteiger partial charge in [-0.05, 0) is 50.6 Å². The summed E-state index contributed by atoms with van der Waals surface area (Å²) in [6.07, 6.45) is 2.51. The molecule has 1 saturated heterocycles. The van der Waals surface area contributed by atoms with Gasteiger partial charge >= 0.3 is 0 Å². The fraction of sp³-hybridized carbons (Fsp3) is 0.611. The highest BCUT2D eigenvalue weighted by Crippen LogP contribution is 2.36. The fourth-order valence-corrected chi connectivity index (χ4v) is 3.48. The van der Waals surface area contributed by atoms with E-state index in [0.717, 1.165) is 18.7 Å². The van der Waals surface area contributed by atoms with Gasteiger partial charge in [0.15, 0.2) is 18.1 Å². The fourth-order valence-electron chi connectivity index (χ4n) is 3.20. The number of carbonyl (C=O) groups excluding carboxylic acids is 1. The predicted octanol–water partition coefficient (Wildman–Crippen LogP) is 2.18. The number of primary amides is 1. The van der Waals surface area contributed by atoms with E-state index in [1.165, 1.54) is 19.4 Å². The molecule has 1 aromatic carbocycles. The van der Waals surface area contributed by atoms with Crippen LogP contribution in [-0.4, -0.2) is 49.7 Å². The van der Waals surface area contributed by atoms with Crippen molar-refractivity contribution in [1.29, 1.82) is 0 Å². The number of likely N-dealkylation sites (N-methyl/N-ethyl adjacent to an activating group) is 1. The Kier molecular flexibility index (Phi) is 7.81. The van der Waals surface area contributed by atoms with Gasteiger partial charge in [-0.1, -0.05) is 18.5 Å². The Morgan fingerprint density at radius 2 is 2.20 bits per heavy atom. The minimum Gasteiger partial charge on any atom is -0.490 e. The summed E-state index contributed by atoms with van der Waals surface area (Å²) in [7, 11) is 0. The van der Waals surface area contributed by atoms with Crippen molar-refractivity contribution in [3.8, 4) is 11.5 Å². The average molecular weight is 370 g/mol. The number of nitrogens with two attached hydrogens (primary N) is 1. The van der Waals surface area contributed by atoms with E-state index in [1.54, 1.807) is 0 Å². The van der Waals surface area contributed by atoms with Crippen LogP contribution in [0.4, 0.5) is 0 Å². The molecule has 0 saturated carbocycles. The zero-order chi connectivity index (χ0) is 18.2. The molecule has 6 nitrogen and oxygen atoms in total. The van der Waals surface area contributed by atoms with Crippen molar-refractivity contribution in [3.05, 3.63) is 22.7 Å². The number of hydrogen-bond donors (Lipinski definition) is 2. The van der Waals surface area contributed by atoms with Crippen molar-refractivity contribution < 1.29 is 14.3 Å². The lowest BCUT2D eigenvalue weighted by Gasteiger charge is -2.23. The van der Waals surface area contributed by atoms with Gasteiger partial charge in [-0.3, -0.25) is 9.69 Å². The zero-order valence-corrected chi connectivity index (χ0v) is 15.8. The van der Waals surface area contributed by atoms with Crippen LogP contribution in [0.2, 0.25) is 5.02 Å². The summed E-state index contributed by atoms with van der Waals surface area (Å²) >= 11 is 6.31. The molecule has 1 unspecified atom stereocenters. The molecular weight excluding hydrogens is 342 g/mol. The smallest absolute Gasteiger partial charge is 0.255 e. The maximum absolute atomic E-state index is 10.9. The number of nitrogens with zero attached hydrogens (tertiary/aromatic N) is 1. The molecule has 1 fully saturated rings. The van der Waals surface area contributed by atoms with Crippen LogP contribution < -0.4 is 20.5 Å². The molecule has 0 radical (unpaired) electrons. The molecule has 0 bridgehead atoms. The van der Waals surface area contributed by atoms with Crippen LogP contribution in [-0.2, 0) is 11.3 Å². The molecule has 0 aromatic heterocycles. The second kappa shape index (κ2) is 9.85. The number of rotatable bonds is 10. The van der Waals surface area contributed by atoms with Gasteiger partial charge in [0.1, 0.15) is 0 Å². The maximum Gasteiger partial charge on any atom is 0.255 e. The molecule has 1 heterocycles. The van der Waals surface area contributed by atoms with E-state index in [-0.39, 0.29) is 6.61 Å². The van der Waals surface area contributed by atoms with Gasteiger partial charge in [0, 0.05) is 19.1 Å². The summed E-state index contributed by atoms with van der Waals surface area (Å²) in [5, 5.41) is 3.92. The number of hydrogen-bond acceptors (Lipinski definition) is 5. The minimum absolute atomic E-state index is 0.230. The highest BCUT2D eigenvalue weighted by Gasteiger charge is 2.22. The Labute approximate surface area is 154 Å². The second-order valence-electron chi connectivity index (χ2n) is 6.15. The number of ether oxygens (including phenoxy) is 2. The Morgan fingerprint density at radius 3 is 2.88 bits per heavy atom. The topological polar surface area (TPSA) is 76.8 Å². The third kappa shape index (κ3) is 5.76. The summed E-state index contributed by atoms with van der Waals surface area (Å²) in [5.74, 6) is 0.337. The third-order valence-electron chi connectivity index (χ3n) is 4.34. The van der Waals surface area contributed by atoms with Crippen molar-refractivity contribution in [3.63, 3.8) is 0 Å². The summed E-state index contributed by atoms with van der Waals surface area (Å²) in [4.78, 5) is 13.4. The Morgan fingerprint density at radius 1 is 1.40 bits per heavy atom. The molecule has 140 valence electrons. The van der Waals surface area contributed by atoms with Gasteiger partial charge in [-0.15, -0.1) is 0 Å². The van der Waals surface area contributed by atoms with Gasteiger partial charge in [0.2, 0.25) is 0 Å². The van der Waals surface area contributed by atoms with E-state index in [1.807, 2.05) is 19.1 Å². The van der Waals surface area contributed by atoms with Crippen LogP contribution in [0, 0.1) is 0 Å². The lowest BCUT2D eigenvalue weighted by molar-refractivity contribution is -0.119. The van der Waals surface area contributed by atoms with Crippen molar-refractivity contribution >= 4 is 17.5 Å². The number of halogens is 1. The third-order valence-corrected chi connectivity index (χ3v) is 4.62. The van der Waals surface area contributed by atoms with Crippen LogP contribution in [0.3, 0.4) is 0 Å². The summed E-state index contributed by atoms with van der Waals surface area (Å²) in [6, 6.07) is 4.33. The average Bonchev–Trinajstić information content (AvgIpc) is 3.01. The van der Waals surface area contributed by atoms with Crippen LogP contribution in [0.15, 0.2) is 12.1 Å². The maximum atomic E-state index is 10.9. The number of likely N-dealkylation sites (tertiary alicyclic amines) is 1. The normalized spacial score (nSPS) is 17.6. The first-order valence-corrected chi connectivity index (χ1v) is 9.24. The molecule has 1 aliphatic rings. The molecule has 1 amide bonds. The Bertz CT molecular complexity index is 583. The molecule has 3 N–H and O–H groups in total. The van der Waals surface area contributed by atoms with Gasteiger partial charge in [-0.2, -0.15) is 0 Å². The quantitative estimate of drug-likeness (QED) is 0.661. The first-order valence-electron chi connectivity index (χ1n) is 8.86. The van der Waals surface area contributed by atoms with Crippen molar-refractivity contribution in [1.82, 2.24) is 10.2 Å². The van der Waals surface area contributed by atoms with E-state index in [0.29, 0.717) is 35.7 Å². The molecule has 25 heavy (non-hydrogen) atoms. The van der Waals surface area contributed by atoms with Gasteiger partial charge < -0.3 is 20.5 Å². The van der Waals surface area contributed by atoms with Gasteiger partial charge in [0.25, 0.3) is 5.91 Å². The second-order valence-corrected chi connectivity index (χ2v) is 6.56. The van der Waals surface area contributed by atoms with Crippen molar-refractivity contribution in [2.45, 2.75) is 39.3 Å². The Hall–Kier alpha value is -1.50. The van der Waals surface area contributed by atoms with Gasteiger partial charge in [0.05, 0.1) is 11.6 Å². The van der Waals surface area contributed by atoms with E-state index in [9.17, 15) is 4.79 Å². The highest BCUT2D eigenvalue weighted by molar-refractivity contribution is 6.32. The molecular formula is C18H28ClN3O3. The standard InChI is InChI=1S/C18H28ClN3O3/c1-3-22-7-5-6-14(22)11-21-10-13-8-15(19)18(25-12-17(20)23)16(9-13)24-4-2/h8-9,14,21H,3-7,10-12H2,1-2H3,(H2,20,23). The number of nitrogens with one attached hydrogen (secondary N) is 1. The van der Waals surface area contributed by atoms with Crippen LogP contribution >= 0.6 is 11.6 Å².